The zero-order chi connectivity index (χ0) is 16.5. The van der Waals surface area contributed by atoms with Crippen LogP contribution in [0.25, 0.3) is 6.08 Å². The Morgan fingerprint density at radius 3 is 2.77 bits per heavy atom. The first-order valence-corrected chi connectivity index (χ1v) is 8.03. The van der Waals surface area contributed by atoms with Crippen molar-refractivity contribution in [3.05, 3.63) is 34.7 Å². The van der Waals surface area contributed by atoms with Crippen LogP contribution in [0.2, 0.25) is 0 Å². The maximum absolute atomic E-state index is 11.3. The summed E-state index contributed by atoms with van der Waals surface area (Å²) in [5.41, 5.74) is 0.330. The standard InChI is InChI=1S/C15H15NO4S2/c1-10(2)14(17)20-6-7-21-13-5-4-12(22-13)8-11(9-16)15(18)19-3/h4-5,8H,1,6-7H2,2-3H3/b11-8+. The van der Waals surface area contributed by atoms with Crippen LogP contribution in [0, 0.1) is 11.3 Å². The van der Waals surface area contributed by atoms with Gasteiger partial charge in [-0.3, -0.25) is 0 Å². The summed E-state index contributed by atoms with van der Waals surface area (Å²) >= 11 is 2.97. The summed E-state index contributed by atoms with van der Waals surface area (Å²) in [5, 5.41) is 8.89. The molecule has 0 amide bonds. The fourth-order valence-electron chi connectivity index (χ4n) is 1.28. The first kappa shape index (κ1) is 18.0. The molecule has 1 aromatic rings. The Bertz CT molecular complexity index is 640. The Hall–Kier alpha value is -2.04. The third-order valence-electron chi connectivity index (χ3n) is 2.32. The molecule has 116 valence electrons. The summed E-state index contributed by atoms with van der Waals surface area (Å²) in [6.45, 7) is 5.40. The van der Waals surface area contributed by atoms with Gasteiger partial charge in [-0.15, -0.1) is 23.1 Å². The predicted molar refractivity (Wildman–Crippen MR) is 86.4 cm³/mol. The Morgan fingerprint density at radius 1 is 1.45 bits per heavy atom. The molecule has 0 saturated carbocycles. The molecule has 0 aliphatic heterocycles. The quantitative estimate of drug-likeness (QED) is 0.250. The average molecular weight is 337 g/mol. The number of ether oxygens (including phenoxy) is 2. The second-order valence-electron chi connectivity index (χ2n) is 4.08. The predicted octanol–water partition coefficient (Wildman–Crippen LogP) is 3.04. The van der Waals surface area contributed by atoms with Gasteiger partial charge in [0.15, 0.2) is 0 Å². The van der Waals surface area contributed by atoms with E-state index in [0.717, 1.165) is 9.09 Å². The Labute approximate surface area is 137 Å². The molecular formula is C15H15NO4S2. The number of hydrogen-bond donors (Lipinski definition) is 0. The van der Waals surface area contributed by atoms with Crippen LogP contribution in [0.15, 0.2) is 34.1 Å². The van der Waals surface area contributed by atoms with E-state index in [-0.39, 0.29) is 5.57 Å². The van der Waals surface area contributed by atoms with E-state index >= 15 is 0 Å². The number of nitriles is 1. The summed E-state index contributed by atoms with van der Waals surface area (Å²) in [6, 6.07) is 5.50. The summed E-state index contributed by atoms with van der Waals surface area (Å²) < 4.78 is 10.5. The minimum atomic E-state index is -0.656. The van der Waals surface area contributed by atoms with Crippen molar-refractivity contribution in [1.29, 1.82) is 5.26 Å². The van der Waals surface area contributed by atoms with E-state index in [1.165, 1.54) is 36.3 Å². The Balaban J connectivity index is 2.53. The number of hydrogen-bond acceptors (Lipinski definition) is 7. The zero-order valence-corrected chi connectivity index (χ0v) is 13.9. The van der Waals surface area contributed by atoms with E-state index in [1.54, 1.807) is 13.0 Å². The van der Waals surface area contributed by atoms with Crippen molar-refractivity contribution >= 4 is 41.1 Å². The maximum atomic E-state index is 11.3. The maximum Gasteiger partial charge on any atom is 0.348 e. The highest BCUT2D eigenvalue weighted by Gasteiger charge is 2.09. The minimum absolute atomic E-state index is 0.0451. The molecule has 5 nitrogen and oxygen atoms in total. The Morgan fingerprint density at radius 2 is 2.18 bits per heavy atom. The van der Waals surface area contributed by atoms with Crippen LogP contribution in [0.3, 0.4) is 0 Å². The molecule has 0 radical (unpaired) electrons. The smallest absolute Gasteiger partial charge is 0.348 e. The van der Waals surface area contributed by atoms with E-state index in [0.29, 0.717) is 17.9 Å². The second kappa shape index (κ2) is 9.07. The fourth-order valence-corrected chi connectivity index (χ4v) is 3.27. The largest absolute Gasteiger partial charge is 0.465 e. The van der Waals surface area contributed by atoms with Gasteiger partial charge in [0.2, 0.25) is 0 Å². The summed E-state index contributed by atoms with van der Waals surface area (Å²) in [6.07, 6.45) is 1.49. The SMILES string of the molecule is C=C(C)C(=O)OCCSc1ccc(/C=C(\C#N)C(=O)OC)s1. The van der Waals surface area contributed by atoms with Crippen LogP contribution in [0.5, 0.6) is 0 Å². The number of methoxy groups -OCH3 is 1. The van der Waals surface area contributed by atoms with Crippen molar-refractivity contribution in [2.24, 2.45) is 0 Å². The van der Waals surface area contributed by atoms with Crippen molar-refractivity contribution in [2.45, 2.75) is 11.1 Å². The molecule has 0 aliphatic carbocycles. The van der Waals surface area contributed by atoms with Crippen molar-refractivity contribution in [2.75, 3.05) is 19.5 Å². The van der Waals surface area contributed by atoms with Gasteiger partial charge in [0, 0.05) is 16.2 Å². The van der Waals surface area contributed by atoms with E-state index in [1.807, 2.05) is 12.1 Å². The van der Waals surface area contributed by atoms with E-state index < -0.39 is 11.9 Å². The van der Waals surface area contributed by atoms with Gasteiger partial charge in [0.25, 0.3) is 0 Å². The van der Waals surface area contributed by atoms with Crippen LogP contribution >= 0.6 is 23.1 Å². The number of carbonyl (C=O) groups is 2. The lowest BCUT2D eigenvalue weighted by molar-refractivity contribution is -0.138. The van der Waals surface area contributed by atoms with Crippen molar-refractivity contribution in [3.8, 4) is 6.07 Å². The molecule has 0 spiro atoms. The normalized spacial score (nSPS) is 10.7. The lowest BCUT2D eigenvalue weighted by Crippen LogP contribution is -2.07. The van der Waals surface area contributed by atoms with E-state index in [2.05, 4.69) is 11.3 Å². The number of thioether (sulfide) groups is 1. The monoisotopic (exact) mass is 337 g/mol. The highest BCUT2D eigenvalue weighted by Crippen LogP contribution is 2.28. The third-order valence-corrected chi connectivity index (χ3v) is 4.55. The molecule has 0 saturated heterocycles. The van der Waals surface area contributed by atoms with Crippen LogP contribution in [0.4, 0.5) is 0 Å². The topological polar surface area (TPSA) is 76.4 Å². The number of rotatable bonds is 7. The van der Waals surface area contributed by atoms with Crippen LogP contribution < -0.4 is 0 Å². The van der Waals surface area contributed by atoms with Gasteiger partial charge in [0.1, 0.15) is 18.2 Å². The Kier molecular flexibility index (Phi) is 7.43. The number of esters is 2. The summed E-state index contributed by atoms with van der Waals surface area (Å²) in [5.74, 6) is -0.436. The number of thiophene rings is 1. The molecular weight excluding hydrogens is 322 g/mol. The van der Waals surface area contributed by atoms with Crippen LogP contribution in [-0.2, 0) is 19.1 Å². The lowest BCUT2D eigenvalue weighted by atomic mass is 10.2. The average Bonchev–Trinajstić information content (AvgIpc) is 2.95. The molecule has 0 N–H and O–H groups in total. The molecule has 1 heterocycles. The lowest BCUT2D eigenvalue weighted by Gasteiger charge is -2.02. The van der Waals surface area contributed by atoms with E-state index in [4.69, 9.17) is 10.00 Å². The van der Waals surface area contributed by atoms with Gasteiger partial charge in [-0.2, -0.15) is 5.26 Å². The van der Waals surface area contributed by atoms with Crippen molar-refractivity contribution in [1.82, 2.24) is 0 Å². The van der Waals surface area contributed by atoms with Crippen molar-refractivity contribution in [3.63, 3.8) is 0 Å². The first-order chi connectivity index (χ1) is 10.5. The van der Waals surface area contributed by atoms with E-state index in [9.17, 15) is 9.59 Å². The molecule has 1 aromatic heterocycles. The molecule has 7 heteroatoms. The number of nitrogens with zero attached hydrogens (tertiary/aromatic N) is 1. The van der Waals surface area contributed by atoms with Gasteiger partial charge in [0.05, 0.1) is 11.3 Å². The van der Waals surface area contributed by atoms with Crippen molar-refractivity contribution < 1.29 is 19.1 Å². The fraction of sp³-hybridized carbons (Fsp3) is 0.267. The molecule has 0 aliphatic rings. The molecule has 1 rings (SSSR count). The van der Waals surface area contributed by atoms with Gasteiger partial charge < -0.3 is 9.47 Å². The van der Waals surface area contributed by atoms with Gasteiger partial charge in [-0.1, -0.05) is 6.58 Å². The molecule has 0 atom stereocenters. The second-order valence-corrected chi connectivity index (χ2v) is 6.59. The highest BCUT2D eigenvalue weighted by atomic mass is 32.2. The summed E-state index contributed by atoms with van der Waals surface area (Å²) in [7, 11) is 1.23. The molecule has 0 unspecified atom stereocenters. The molecule has 22 heavy (non-hydrogen) atoms. The minimum Gasteiger partial charge on any atom is -0.465 e. The highest BCUT2D eigenvalue weighted by molar-refractivity contribution is 8.01. The van der Waals surface area contributed by atoms with Gasteiger partial charge in [-0.25, -0.2) is 9.59 Å². The van der Waals surface area contributed by atoms with Crippen LogP contribution in [-0.4, -0.2) is 31.4 Å². The number of carbonyl (C=O) groups excluding carboxylic acids is 2. The summed E-state index contributed by atoms with van der Waals surface area (Å²) in [4.78, 5) is 23.3. The first-order valence-electron chi connectivity index (χ1n) is 6.23. The van der Waals surface area contributed by atoms with Crippen LogP contribution in [0.1, 0.15) is 11.8 Å². The third kappa shape index (κ3) is 5.76. The molecule has 0 bridgehead atoms. The van der Waals surface area contributed by atoms with Gasteiger partial charge >= 0.3 is 11.9 Å². The molecule has 0 aromatic carbocycles. The zero-order valence-electron chi connectivity index (χ0n) is 12.3. The van der Waals surface area contributed by atoms with Gasteiger partial charge in [-0.05, 0) is 25.1 Å². The molecule has 0 fully saturated rings.